The number of carbonyl (C=O) groups excluding carboxylic acids is 2. The molecule has 0 saturated heterocycles. The number of hydrogen-bond acceptors (Lipinski definition) is 8. The van der Waals surface area contributed by atoms with E-state index in [1.54, 1.807) is 18.2 Å². The zero-order valence-electron chi connectivity index (χ0n) is 20.7. The highest BCUT2D eigenvalue weighted by molar-refractivity contribution is 7.92. The van der Waals surface area contributed by atoms with E-state index < -0.39 is 28.0 Å². The summed E-state index contributed by atoms with van der Waals surface area (Å²) >= 11 is 12.1. The Labute approximate surface area is 229 Å². The van der Waals surface area contributed by atoms with Gasteiger partial charge in [-0.25, -0.2) is 13.2 Å². The average Bonchev–Trinajstić information content (AvgIpc) is 2.88. The van der Waals surface area contributed by atoms with Gasteiger partial charge in [0.2, 0.25) is 0 Å². The summed E-state index contributed by atoms with van der Waals surface area (Å²) in [6, 6.07) is 12.9. The van der Waals surface area contributed by atoms with Crippen molar-refractivity contribution in [2.24, 2.45) is 0 Å². The van der Waals surface area contributed by atoms with Crippen LogP contribution in [-0.4, -0.2) is 47.7 Å². The van der Waals surface area contributed by atoms with Crippen molar-refractivity contribution in [1.29, 1.82) is 0 Å². The molecule has 0 heterocycles. The highest BCUT2D eigenvalue weighted by Crippen LogP contribution is 2.38. The summed E-state index contributed by atoms with van der Waals surface area (Å²) in [5, 5.41) is 3.14. The van der Waals surface area contributed by atoms with E-state index in [9.17, 15) is 18.0 Å². The zero-order valence-corrected chi connectivity index (χ0v) is 23.0. The standard InChI is InChI=1S/C25H24Cl2N2O8S/c1-14(24(30)28-17-7-5-6-16(26)11-17)37-25(31)15-8-9-20(34-2)23(10-15)38(32,33)29-19-12-18(27)21(35-3)13-22(19)36-4/h5-14,29H,1-4H3,(H,28,30)/t14-/m0/s1. The first-order valence-corrected chi connectivity index (χ1v) is 13.1. The quantitative estimate of drug-likeness (QED) is 0.319. The molecule has 10 nitrogen and oxygen atoms in total. The Kier molecular flexibility index (Phi) is 9.31. The lowest BCUT2D eigenvalue weighted by Crippen LogP contribution is -2.30. The number of amides is 1. The summed E-state index contributed by atoms with van der Waals surface area (Å²) < 4.78 is 49.8. The minimum Gasteiger partial charge on any atom is -0.495 e. The monoisotopic (exact) mass is 582 g/mol. The number of ether oxygens (including phenoxy) is 4. The highest BCUT2D eigenvalue weighted by atomic mass is 35.5. The Morgan fingerprint density at radius 2 is 1.55 bits per heavy atom. The van der Waals surface area contributed by atoms with Crippen molar-refractivity contribution in [3.63, 3.8) is 0 Å². The molecule has 3 rings (SSSR count). The van der Waals surface area contributed by atoms with Gasteiger partial charge in [0.25, 0.3) is 15.9 Å². The molecular weight excluding hydrogens is 559 g/mol. The number of methoxy groups -OCH3 is 3. The van der Waals surface area contributed by atoms with E-state index in [1.807, 2.05) is 0 Å². The number of benzene rings is 3. The van der Waals surface area contributed by atoms with Gasteiger partial charge in [-0.15, -0.1) is 0 Å². The number of anilines is 2. The van der Waals surface area contributed by atoms with Crippen LogP contribution in [-0.2, 0) is 19.6 Å². The molecule has 0 radical (unpaired) electrons. The Morgan fingerprint density at radius 1 is 0.868 bits per heavy atom. The van der Waals surface area contributed by atoms with E-state index in [2.05, 4.69) is 10.0 Å². The molecule has 0 fully saturated rings. The second-order valence-corrected chi connectivity index (χ2v) is 10.2. The van der Waals surface area contributed by atoms with E-state index in [0.717, 1.165) is 6.07 Å². The van der Waals surface area contributed by atoms with Crippen molar-refractivity contribution in [1.82, 2.24) is 0 Å². The molecule has 0 unspecified atom stereocenters. The van der Waals surface area contributed by atoms with Gasteiger partial charge in [0.1, 0.15) is 22.1 Å². The first-order valence-electron chi connectivity index (χ1n) is 10.9. The second kappa shape index (κ2) is 12.2. The van der Waals surface area contributed by atoms with Crippen LogP contribution in [0.15, 0.2) is 59.5 Å². The molecule has 2 N–H and O–H groups in total. The van der Waals surface area contributed by atoms with Gasteiger partial charge in [-0.05, 0) is 49.4 Å². The molecule has 0 bridgehead atoms. The SMILES string of the molecule is COc1cc(OC)c(NS(=O)(=O)c2cc(C(=O)O[C@@H](C)C(=O)Nc3cccc(Cl)c3)ccc2OC)cc1Cl. The maximum atomic E-state index is 13.3. The Balaban J connectivity index is 1.84. The van der Waals surface area contributed by atoms with E-state index >= 15 is 0 Å². The lowest BCUT2D eigenvalue weighted by atomic mass is 10.2. The molecule has 0 aliphatic carbocycles. The van der Waals surface area contributed by atoms with Crippen LogP contribution in [0.5, 0.6) is 17.2 Å². The summed E-state index contributed by atoms with van der Waals surface area (Å²) in [5.74, 6) is -1.15. The van der Waals surface area contributed by atoms with Crippen LogP contribution >= 0.6 is 23.2 Å². The summed E-state index contributed by atoms with van der Waals surface area (Å²) in [6.07, 6.45) is -1.20. The third-order valence-electron chi connectivity index (χ3n) is 5.15. The molecule has 3 aromatic rings. The normalized spacial score (nSPS) is 11.7. The van der Waals surface area contributed by atoms with Gasteiger partial charge in [-0.3, -0.25) is 9.52 Å². The van der Waals surface area contributed by atoms with Gasteiger partial charge >= 0.3 is 5.97 Å². The lowest BCUT2D eigenvalue weighted by Gasteiger charge is -2.17. The highest BCUT2D eigenvalue weighted by Gasteiger charge is 2.26. The number of esters is 1. The Bertz CT molecular complexity index is 1460. The van der Waals surface area contributed by atoms with Crippen LogP contribution < -0.4 is 24.2 Å². The Morgan fingerprint density at radius 3 is 2.18 bits per heavy atom. The molecule has 0 aliphatic rings. The molecule has 0 aliphatic heterocycles. The van der Waals surface area contributed by atoms with Crippen molar-refractivity contribution >= 4 is 56.5 Å². The predicted octanol–water partition coefficient (Wildman–Crippen LogP) is 5.00. The molecule has 202 valence electrons. The van der Waals surface area contributed by atoms with Gasteiger partial charge in [0.15, 0.2) is 6.10 Å². The van der Waals surface area contributed by atoms with Gasteiger partial charge < -0.3 is 24.3 Å². The van der Waals surface area contributed by atoms with Crippen LogP contribution in [0.2, 0.25) is 10.0 Å². The molecule has 0 aromatic heterocycles. The van der Waals surface area contributed by atoms with Crippen molar-refractivity contribution in [3.05, 3.63) is 70.2 Å². The molecule has 3 aromatic carbocycles. The number of carbonyl (C=O) groups is 2. The largest absolute Gasteiger partial charge is 0.495 e. The number of nitrogens with one attached hydrogen (secondary N) is 2. The number of rotatable bonds is 10. The number of hydrogen-bond donors (Lipinski definition) is 2. The fraction of sp³-hybridized carbons (Fsp3) is 0.200. The van der Waals surface area contributed by atoms with Crippen molar-refractivity contribution < 1.29 is 37.0 Å². The maximum Gasteiger partial charge on any atom is 0.338 e. The first-order chi connectivity index (χ1) is 18.0. The van der Waals surface area contributed by atoms with Crippen molar-refractivity contribution in [3.8, 4) is 17.2 Å². The minimum absolute atomic E-state index is 0.0274. The van der Waals surface area contributed by atoms with Gasteiger partial charge in [0.05, 0.1) is 37.6 Å². The summed E-state index contributed by atoms with van der Waals surface area (Å²) in [7, 11) is -0.294. The lowest BCUT2D eigenvalue weighted by molar-refractivity contribution is -0.123. The molecule has 13 heteroatoms. The topological polar surface area (TPSA) is 129 Å². The van der Waals surface area contributed by atoms with E-state index in [-0.39, 0.29) is 38.4 Å². The van der Waals surface area contributed by atoms with Crippen molar-refractivity contribution in [2.45, 2.75) is 17.9 Å². The third kappa shape index (κ3) is 6.80. The second-order valence-electron chi connectivity index (χ2n) is 7.71. The maximum absolute atomic E-state index is 13.3. The summed E-state index contributed by atoms with van der Waals surface area (Å²) in [5.41, 5.74) is 0.316. The minimum atomic E-state index is -4.32. The first kappa shape index (κ1) is 28.9. The zero-order chi connectivity index (χ0) is 28.0. The molecule has 38 heavy (non-hydrogen) atoms. The van der Waals surface area contributed by atoms with Crippen LogP contribution in [0.1, 0.15) is 17.3 Å². The number of halogens is 2. The molecule has 1 atom stereocenters. The van der Waals surface area contributed by atoms with Crippen LogP contribution in [0.4, 0.5) is 11.4 Å². The van der Waals surface area contributed by atoms with E-state index in [0.29, 0.717) is 10.7 Å². The fourth-order valence-corrected chi connectivity index (χ4v) is 4.93. The molecular formula is C25H24Cl2N2O8S. The number of sulfonamides is 1. The van der Waals surface area contributed by atoms with Gasteiger partial charge in [-0.2, -0.15) is 0 Å². The molecule has 0 saturated carbocycles. The van der Waals surface area contributed by atoms with Crippen LogP contribution in [0, 0.1) is 0 Å². The Hall–Kier alpha value is -3.67. The fourth-order valence-electron chi connectivity index (χ4n) is 3.25. The van der Waals surface area contributed by atoms with Crippen molar-refractivity contribution in [2.75, 3.05) is 31.4 Å². The summed E-state index contributed by atoms with van der Waals surface area (Å²) in [4.78, 5) is 24.9. The van der Waals surface area contributed by atoms with Crippen LogP contribution in [0.3, 0.4) is 0 Å². The van der Waals surface area contributed by atoms with Gasteiger partial charge in [0, 0.05) is 16.8 Å². The van der Waals surface area contributed by atoms with E-state index in [1.165, 1.54) is 58.6 Å². The summed E-state index contributed by atoms with van der Waals surface area (Å²) in [6.45, 7) is 1.38. The molecule has 1 amide bonds. The smallest absolute Gasteiger partial charge is 0.338 e. The van der Waals surface area contributed by atoms with E-state index in [4.69, 9.17) is 42.1 Å². The van der Waals surface area contributed by atoms with Gasteiger partial charge in [-0.1, -0.05) is 29.3 Å². The van der Waals surface area contributed by atoms with Crippen LogP contribution in [0.25, 0.3) is 0 Å². The molecule has 0 spiro atoms. The average molecular weight is 583 g/mol. The predicted molar refractivity (Wildman–Crippen MR) is 143 cm³/mol. The third-order valence-corrected chi connectivity index (χ3v) is 7.07.